The van der Waals surface area contributed by atoms with Crippen LogP contribution in [0.4, 0.5) is 5.82 Å². The Hall–Kier alpha value is -1.19. The van der Waals surface area contributed by atoms with E-state index in [1.165, 1.54) is 6.20 Å². The van der Waals surface area contributed by atoms with Gasteiger partial charge in [0.15, 0.2) is 0 Å². The number of aromatic amines is 1. The molecule has 0 atom stereocenters. The van der Waals surface area contributed by atoms with Gasteiger partial charge in [-0.3, -0.25) is 9.82 Å². The smallest absolute Gasteiger partial charge is 0.300 e. The molecule has 0 radical (unpaired) electrons. The van der Waals surface area contributed by atoms with Gasteiger partial charge in [0, 0.05) is 6.54 Å². The van der Waals surface area contributed by atoms with Crippen molar-refractivity contribution in [2.24, 2.45) is 11.7 Å². The summed E-state index contributed by atoms with van der Waals surface area (Å²) >= 11 is 4.76. The van der Waals surface area contributed by atoms with Crippen molar-refractivity contribution in [3.8, 4) is 0 Å². The Morgan fingerprint density at radius 2 is 2.29 bits per heavy atom. The molecule has 1 rings (SSSR count). The van der Waals surface area contributed by atoms with Crippen molar-refractivity contribution in [1.29, 1.82) is 0 Å². The van der Waals surface area contributed by atoms with Gasteiger partial charge in [0.05, 0.1) is 11.8 Å². The number of rotatable bonds is 6. The van der Waals surface area contributed by atoms with Crippen LogP contribution in [0.15, 0.2) is 6.20 Å². The van der Waals surface area contributed by atoms with E-state index in [-0.39, 0.29) is 16.7 Å². The molecule has 0 bridgehead atoms. The average molecular weight is 277 g/mol. The van der Waals surface area contributed by atoms with Crippen LogP contribution in [0.5, 0.6) is 0 Å². The molecule has 0 unspecified atom stereocenters. The predicted octanol–water partition coefficient (Wildman–Crippen LogP) is -0.0538. The predicted molar refractivity (Wildman–Crippen MR) is 69.9 cm³/mol. The lowest BCUT2D eigenvalue weighted by atomic mass is 10.2. The van der Waals surface area contributed by atoms with Gasteiger partial charge in [0.1, 0.15) is 10.8 Å². The zero-order valence-corrected chi connectivity index (χ0v) is 11.2. The summed E-state index contributed by atoms with van der Waals surface area (Å²) in [5.41, 5.74) is 5.77. The molecular weight excluding hydrogens is 262 g/mol. The highest BCUT2D eigenvalue weighted by Gasteiger charge is 2.15. The number of anilines is 1. The highest BCUT2D eigenvalue weighted by Crippen LogP contribution is 2.11. The molecule has 0 aliphatic heterocycles. The van der Waals surface area contributed by atoms with E-state index >= 15 is 0 Å². The third-order valence-corrected chi connectivity index (χ3v) is 3.06. The summed E-state index contributed by atoms with van der Waals surface area (Å²) in [7, 11) is -3.64. The first-order valence-corrected chi connectivity index (χ1v) is 6.81. The van der Waals surface area contributed by atoms with Gasteiger partial charge in [-0.1, -0.05) is 26.1 Å². The standard InChI is InChI=1S/C8H15N5O2S2/c1-5(2)3-11-17(14,15)13-8-6(7(9)16)4-10-12-8/h4-5,11H,3H2,1-2H3,(H2,9,16)(H2,10,12,13). The molecule has 0 saturated carbocycles. The van der Waals surface area contributed by atoms with Crippen molar-refractivity contribution in [1.82, 2.24) is 14.9 Å². The van der Waals surface area contributed by atoms with E-state index in [2.05, 4.69) is 19.6 Å². The van der Waals surface area contributed by atoms with Crippen LogP contribution in [0.3, 0.4) is 0 Å². The molecule has 9 heteroatoms. The van der Waals surface area contributed by atoms with Gasteiger partial charge in [0.2, 0.25) is 0 Å². The summed E-state index contributed by atoms with van der Waals surface area (Å²) in [6, 6.07) is 0. The molecule has 17 heavy (non-hydrogen) atoms. The molecule has 0 spiro atoms. The number of H-pyrrole nitrogens is 1. The molecule has 7 nitrogen and oxygen atoms in total. The van der Waals surface area contributed by atoms with Crippen molar-refractivity contribution in [3.63, 3.8) is 0 Å². The molecule has 0 saturated heterocycles. The number of nitrogens with zero attached hydrogens (tertiary/aromatic N) is 1. The molecule has 0 fully saturated rings. The molecule has 5 N–H and O–H groups in total. The summed E-state index contributed by atoms with van der Waals surface area (Å²) < 4.78 is 27.9. The van der Waals surface area contributed by atoms with Crippen molar-refractivity contribution in [2.45, 2.75) is 13.8 Å². The lowest BCUT2D eigenvalue weighted by molar-refractivity contribution is 0.564. The number of nitrogens with one attached hydrogen (secondary N) is 3. The van der Waals surface area contributed by atoms with Crippen LogP contribution in [0.2, 0.25) is 0 Å². The quantitative estimate of drug-likeness (QED) is 0.544. The molecule has 0 aromatic carbocycles. The number of hydrogen-bond donors (Lipinski definition) is 4. The van der Waals surface area contributed by atoms with E-state index in [4.69, 9.17) is 18.0 Å². The van der Waals surface area contributed by atoms with Crippen LogP contribution >= 0.6 is 12.2 Å². The first-order valence-electron chi connectivity index (χ1n) is 4.92. The Bertz CT molecular complexity index is 494. The fourth-order valence-electron chi connectivity index (χ4n) is 0.998. The first kappa shape index (κ1) is 13.9. The zero-order valence-electron chi connectivity index (χ0n) is 9.52. The van der Waals surface area contributed by atoms with Gasteiger partial charge >= 0.3 is 0 Å². The van der Waals surface area contributed by atoms with Gasteiger partial charge in [-0.25, -0.2) is 0 Å². The topological polar surface area (TPSA) is 113 Å². The molecule has 0 aliphatic rings. The van der Waals surface area contributed by atoms with E-state index in [0.29, 0.717) is 12.1 Å². The van der Waals surface area contributed by atoms with Crippen LogP contribution in [-0.4, -0.2) is 30.1 Å². The van der Waals surface area contributed by atoms with Crippen LogP contribution in [0.1, 0.15) is 19.4 Å². The lowest BCUT2D eigenvalue weighted by Gasteiger charge is -2.10. The maximum atomic E-state index is 11.6. The second-order valence-electron chi connectivity index (χ2n) is 3.87. The highest BCUT2D eigenvalue weighted by molar-refractivity contribution is 7.90. The molecule has 0 aliphatic carbocycles. The maximum absolute atomic E-state index is 11.6. The van der Waals surface area contributed by atoms with Crippen LogP contribution < -0.4 is 15.2 Å². The van der Waals surface area contributed by atoms with Gasteiger partial charge in [-0.05, 0) is 5.92 Å². The van der Waals surface area contributed by atoms with Gasteiger partial charge < -0.3 is 5.73 Å². The van der Waals surface area contributed by atoms with Crippen molar-refractivity contribution >= 4 is 33.2 Å². The third-order valence-electron chi connectivity index (χ3n) is 1.82. The summed E-state index contributed by atoms with van der Waals surface area (Å²) in [6.45, 7) is 4.14. The second-order valence-corrected chi connectivity index (χ2v) is 5.81. The van der Waals surface area contributed by atoms with Crippen LogP contribution in [0.25, 0.3) is 0 Å². The van der Waals surface area contributed by atoms with E-state index in [1.54, 1.807) is 0 Å². The van der Waals surface area contributed by atoms with Crippen LogP contribution in [0, 0.1) is 5.92 Å². The summed E-state index contributed by atoms with van der Waals surface area (Å²) in [5, 5.41) is 6.16. The van der Waals surface area contributed by atoms with E-state index < -0.39 is 10.2 Å². The number of nitrogens with two attached hydrogens (primary N) is 1. The van der Waals surface area contributed by atoms with Crippen molar-refractivity contribution in [2.75, 3.05) is 11.3 Å². The lowest BCUT2D eigenvalue weighted by Crippen LogP contribution is -2.33. The Morgan fingerprint density at radius 1 is 1.65 bits per heavy atom. The normalized spacial score (nSPS) is 11.7. The summed E-state index contributed by atoms with van der Waals surface area (Å²) in [5.74, 6) is 0.372. The molecular formula is C8H15N5O2S2. The van der Waals surface area contributed by atoms with Crippen LogP contribution in [-0.2, 0) is 10.2 Å². The fourth-order valence-corrected chi connectivity index (χ4v) is 2.20. The minimum Gasteiger partial charge on any atom is -0.389 e. The Labute approximate surface area is 105 Å². The van der Waals surface area contributed by atoms with E-state index in [9.17, 15) is 8.42 Å². The van der Waals surface area contributed by atoms with Gasteiger partial charge in [-0.2, -0.15) is 18.2 Å². The Kier molecular flexibility index (Phi) is 4.43. The molecule has 1 heterocycles. The van der Waals surface area contributed by atoms with Crippen molar-refractivity contribution < 1.29 is 8.42 Å². The van der Waals surface area contributed by atoms with Gasteiger partial charge in [-0.15, -0.1) is 0 Å². The average Bonchev–Trinajstić information content (AvgIpc) is 2.62. The second kappa shape index (κ2) is 5.43. The SMILES string of the molecule is CC(C)CNS(=O)(=O)Nc1[nH]ncc1C(N)=S. The fraction of sp³-hybridized carbons (Fsp3) is 0.500. The third kappa shape index (κ3) is 4.29. The summed E-state index contributed by atoms with van der Waals surface area (Å²) in [6.07, 6.45) is 1.36. The van der Waals surface area contributed by atoms with Crippen molar-refractivity contribution in [3.05, 3.63) is 11.8 Å². The number of thiocarbonyl (C=S) groups is 1. The monoisotopic (exact) mass is 277 g/mol. The number of aromatic nitrogens is 2. The Balaban J connectivity index is 2.76. The maximum Gasteiger partial charge on any atom is 0.300 e. The van der Waals surface area contributed by atoms with E-state index in [1.807, 2.05) is 13.8 Å². The first-order chi connectivity index (χ1) is 7.82. The largest absolute Gasteiger partial charge is 0.389 e. The molecule has 0 amide bonds. The summed E-state index contributed by atoms with van der Waals surface area (Å²) in [4.78, 5) is 0.0697. The van der Waals surface area contributed by atoms with Gasteiger partial charge in [0.25, 0.3) is 10.2 Å². The Morgan fingerprint density at radius 3 is 2.82 bits per heavy atom. The molecule has 96 valence electrons. The highest BCUT2D eigenvalue weighted by atomic mass is 32.2. The van der Waals surface area contributed by atoms with E-state index in [0.717, 1.165) is 0 Å². The minimum absolute atomic E-state index is 0.0697. The molecule has 1 aromatic rings. The number of hydrogen-bond acceptors (Lipinski definition) is 4. The minimum atomic E-state index is -3.64. The zero-order chi connectivity index (χ0) is 13.1. The molecule has 1 aromatic heterocycles.